The van der Waals surface area contributed by atoms with Gasteiger partial charge in [-0.2, -0.15) is 4.98 Å². The first-order valence-electron chi connectivity index (χ1n) is 10.5. The standard InChI is InChI=1S/C20H27N7O6/c21-20-24-16-15(18(31)25-20)27-9-26(8-12(27)7-22-16)11-3-1-10(2-4-11)17(30)23-13(19(32)33)5-6-14(28)29/h1-4,12-14,19,28-29,32-33H,5-9H2,(H,23,30)(H4,21,22,24,25,31)/t12-,13?/m1/s1. The zero-order chi connectivity index (χ0) is 23.7. The number of aromatic amines is 1. The molecule has 13 heteroatoms. The number of aliphatic hydroxyl groups excluding tert-OH is 2. The van der Waals surface area contributed by atoms with Crippen molar-refractivity contribution < 1.29 is 25.2 Å². The fraction of sp³-hybridized carbons (Fsp3) is 0.450. The lowest BCUT2D eigenvalue weighted by Gasteiger charge is -2.31. The number of carbonyl (C=O) groups is 1. The van der Waals surface area contributed by atoms with Crippen LogP contribution in [0.1, 0.15) is 23.2 Å². The summed E-state index contributed by atoms with van der Waals surface area (Å²) in [5.74, 6) is -0.00642. The van der Waals surface area contributed by atoms with Crippen LogP contribution in [-0.4, -0.2) is 80.7 Å². The minimum Gasteiger partial charge on any atom is -0.369 e. The van der Waals surface area contributed by atoms with E-state index in [0.717, 1.165) is 5.69 Å². The van der Waals surface area contributed by atoms with Gasteiger partial charge in [-0.1, -0.05) is 0 Å². The van der Waals surface area contributed by atoms with Crippen LogP contribution in [0, 0.1) is 0 Å². The summed E-state index contributed by atoms with van der Waals surface area (Å²) in [6.45, 7) is 1.72. The van der Waals surface area contributed by atoms with Crippen LogP contribution in [0.3, 0.4) is 0 Å². The second kappa shape index (κ2) is 9.23. The van der Waals surface area contributed by atoms with E-state index in [0.29, 0.717) is 36.8 Å². The summed E-state index contributed by atoms with van der Waals surface area (Å²) in [6, 6.07) is 5.79. The second-order valence-corrected chi connectivity index (χ2v) is 8.12. The van der Waals surface area contributed by atoms with E-state index in [1.807, 2.05) is 4.90 Å². The van der Waals surface area contributed by atoms with E-state index < -0.39 is 24.5 Å². The molecule has 2 atom stereocenters. The molecule has 0 saturated carbocycles. The summed E-state index contributed by atoms with van der Waals surface area (Å²) in [4.78, 5) is 35.7. The van der Waals surface area contributed by atoms with Gasteiger partial charge in [0.15, 0.2) is 18.4 Å². The number of nitrogen functional groups attached to an aromatic ring is 1. The number of anilines is 4. The molecule has 2 aromatic rings. The highest BCUT2D eigenvalue weighted by Gasteiger charge is 2.37. The van der Waals surface area contributed by atoms with Crippen molar-refractivity contribution in [3.05, 3.63) is 40.2 Å². The van der Waals surface area contributed by atoms with Gasteiger partial charge in [-0.3, -0.25) is 14.6 Å². The smallest absolute Gasteiger partial charge is 0.278 e. The molecule has 1 unspecified atom stereocenters. The Bertz CT molecular complexity index is 1060. The molecule has 13 nitrogen and oxygen atoms in total. The van der Waals surface area contributed by atoms with Gasteiger partial charge in [0.25, 0.3) is 11.5 Å². The Morgan fingerprint density at radius 2 is 1.94 bits per heavy atom. The fourth-order valence-corrected chi connectivity index (χ4v) is 4.11. The molecular formula is C20H27N7O6. The first-order chi connectivity index (χ1) is 15.7. The highest BCUT2D eigenvalue weighted by atomic mass is 16.5. The molecule has 9 N–H and O–H groups in total. The van der Waals surface area contributed by atoms with E-state index in [2.05, 4.69) is 25.5 Å². The number of hydrogen-bond acceptors (Lipinski definition) is 11. The number of aromatic nitrogens is 2. The molecule has 1 saturated heterocycles. The van der Waals surface area contributed by atoms with Crippen molar-refractivity contribution in [2.75, 3.05) is 40.6 Å². The second-order valence-electron chi connectivity index (χ2n) is 8.12. The molecule has 0 radical (unpaired) electrons. The van der Waals surface area contributed by atoms with Gasteiger partial charge >= 0.3 is 0 Å². The maximum Gasteiger partial charge on any atom is 0.278 e. The average molecular weight is 461 g/mol. The Morgan fingerprint density at radius 3 is 2.61 bits per heavy atom. The van der Waals surface area contributed by atoms with Crippen molar-refractivity contribution in [1.29, 1.82) is 0 Å². The van der Waals surface area contributed by atoms with Crippen molar-refractivity contribution in [2.45, 2.75) is 37.5 Å². The molecule has 1 aromatic carbocycles. The summed E-state index contributed by atoms with van der Waals surface area (Å²) in [5, 5.41) is 42.5. The van der Waals surface area contributed by atoms with Gasteiger partial charge in [-0.25, -0.2) is 0 Å². The van der Waals surface area contributed by atoms with Gasteiger partial charge in [0.1, 0.15) is 5.69 Å². The summed E-state index contributed by atoms with van der Waals surface area (Å²) in [6.07, 6.45) is -3.57. The maximum atomic E-state index is 12.5. The molecule has 3 heterocycles. The predicted octanol–water partition coefficient (Wildman–Crippen LogP) is -2.07. The molecular weight excluding hydrogens is 434 g/mol. The number of H-pyrrole nitrogens is 1. The zero-order valence-electron chi connectivity index (χ0n) is 17.7. The van der Waals surface area contributed by atoms with E-state index in [1.54, 1.807) is 24.3 Å². The molecule has 0 aliphatic carbocycles. The summed E-state index contributed by atoms with van der Waals surface area (Å²) in [5.41, 5.74) is 6.94. The number of rotatable bonds is 7. The van der Waals surface area contributed by atoms with Gasteiger partial charge in [-0.05, 0) is 30.7 Å². The number of fused-ring (bicyclic) bond motifs is 3. The number of carbonyl (C=O) groups excluding carboxylic acids is 1. The number of nitrogens with one attached hydrogen (secondary N) is 3. The van der Waals surface area contributed by atoms with Gasteiger partial charge in [0.05, 0.1) is 18.8 Å². The van der Waals surface area contributed by atoms with Crippen LogP contribution in [0.5, 0.6) is 0 Å². The van der Waals surface area contributed by atoms with E-state index in [1.165, 1.54) is 0 Å². The topological polar surface area (TPSA) is 200 Å². The number of benzene rings is 1. The Labute approximate surface area is 188 Å². The van der Waals surface area contributed by atoms with Crippen LogP contribution >= 0.6 is 0 Å². The van der Waals surface area contributed by atoms with Crippen molar-refractivity contribution in [3.63, 3.8) is 0 Å². The minimum absolute atomic E-state index is 0.0146. The van der Waals surface area contributed by atoms with Crippen LogP contribution in [-0.2, 0) is 0 Å². The largest absolute Gasteiger partial charge is 0.369 e. The third kappa shape index (κ3) is 4.85. The Kier molecular flexibility index (Phi) is 6.37. The maximum absolute atomic E-state index is 12.5. The molecule has 1 fully saturated rings. The van der Waals surface area contributed by atoms with Crippen LogP contribution in [0.2, 0.25) is 0 Å². The molecule has 33 heavy (non-hydrogen) atoms. The van der Waals surface area contributed by atoms with Gasteiger partial charge in [-0.15, -0.1) is 0 Å². The average Bonchev–Trinajstić information content (AvgIpc) is 3.20. The number of nitrogens with two attached hydrogens (primary N) is 1. The summed E-state index contributed by atoms with van der Waals surface area (Å²) >= 11 is 0. The Hall–Kier alpha value is -3.39. The first-order valence-corrected chi connectivity index (χ1v) is 10.5. The number of hydrogen-bond donors (Lipinski definition) is 8. The van der Waals surface area contributed by atoms with Crippen molar-refractivity contribution in [1.82, 2.24) is 15.3 Å². The van der Waals surface area contributed by atoms with Gasteiger partial charge in [0.2, 0.25) is 5.95 Å². The lowest BCUT2D eigenvalue weighted by molar-refractivity contribution is -0.0817. The fourth-order valence-electron chi connectivity index (χ4n) is 4.11. The van der Waals surface area contributed by atoms with Crippen molar-refractivity contribution in [3.8, 4) is 0 Å². The zero-order valence-corrected chi connectivity index (χ0v) is 17.7. The highest BCUT2D eigenvalue weighted by molar-refractivity contribution is 5.94. The number of nitrogens with zero attached hydrogens (tertiary/aromatic N) is 3. The molecule has 0 bridgehead atoms. The first kappa shape index (κ1) is 22.8. The van der Waals surface area contributed by atoms with E-state index in [4.69, 9.17) is 15.9 Å². The van der Waals surface area contributed by atoms with Crippen molar-refractivity contribution >= 4 is 29.0 Å². The van der Waals surface area contributed by atoms with E-state index in [9.17, 15) is 19.8 Å². The summed E-state index contributed by atoms with van der Waals surface area (Å²) < 4.78 is 0. The Balaban J connectivity index is 1.44. The quantitative estimate of drug-likeness (QED) is 0.211. The number of aliphatic hydroxyl groups is 4. The molecule has 0 spiro atoms. The van der Waals surface area contributed by atoms with E-state index >= 15 is 0 Å². The lowest BCUT2D eigenvalue weighted by atomic mass is 10.1. The molecule has 178 valence electrons. The van der Waals surface area contributed by atoms with Gasteiger partial charge in [0, 0.05) is 30.8 Å². The molecule has 2 aliphatic rings. The van der Waals surface area contributed by atoms with Crippen LogP contribution in [0.15, 0.2) is 29.1 Å². The molecule has 2 aliphatic heterocycles. The van der Waals surface area contributed by atoms with Crippen LogP contribution < -0.4 is 31.7 Å². The molecule has 1 aromatic heterocycles. The van der Waals surface area contributed by atoms with Crippen molar-refractivity contribution in [2.24, 2.45) is 0 Å². The van der Waals surface area contributed by atoms with Crippen LogP contribution in [0.4, 0.5) is 23.1 Å². The molecule has 1 amide bonds. The van der Waals surface area contributed by atoms with Crippen LogP contribution in [0.25, 0.3) is 0 Å². The predicted molar refractivity (Wildman–Crippen MR) is 120 cm³/mol. The number of amides is 1. The lowest BCUT2D eigenvalue weighted by Crippen LogP contribution is -2.44. The third-order valence-corrected chi connectivity index (χ3v) is 5.81. The third-order valence-electron chi connectivity index (χ3n) is 5.81. The minimum atomic E-state index is -1.83. The monoisotopic (exact) mass is 461 g/mol. The Morgan fingerprint density at radius 1 is 1.21 bits per heavy atom. The SMILES string of the molecule is Nc1nc2c(c(=O)[nH]1)N1CN(c3ccc(C(=O)NC(CCC(O)O)C(O)O)cc3)C[C@H]1CN2. The van der Waals surface area contributed by atoms with E-state index in [-0.39, 0.29) is 30.4 Å². The highest BCUT2D eigenvalue weighted by Crippen LogP contribution is 2.32. The normalized spacial score (nSPS) is 18.2. The summed E-state index contributed by atoms with van der Waals surface area (Å²) in [7, 11) is 0. The van der Waals surface area contributed by atoms with Gasteiger partial charge < -0.3 is 46.6 Å². The molecule has 4 rings (SSSR count).